The van der Waals surface area contributed by atoms with Crippen molar-refractivity contribution in [1.82, 2.24) is 0 Å². The normalized spacial score (nSPS) is 10.7. The zero-order chi connectivity index (χ0) is 24.2. The fourth-order valence-corrected chi connectivity index (χ4v) is 1.82. The maximum Gasteiger partial charge on any atom is 0.416 e. The molecule has 2 rings (SSSR count). The van der Waals surface area contributed by atoms with E-state index in [4.69, 9.17) is 5.73 Å². The zero-order valence-corrected chi connectivity index (χ0v) is 20.1. The first kappa shape index (κ1) is 29.4. The van der Waals surface area contributed by atoms with Gasteiger partial charge in [0.05, 0.1) is 21.8 Å². The number of hydrogen-bond donors (Lipinski definition) is 2. The second-order valence-electron chi connectivity index (χ2n) is 5.37. The number of nitrogens with one attached hydrogen (secondary N) is 1. The molecule has 2 aromatic carbocycles. The molecule has 172 valence electrons. The first-order valence-corrected chi connectivity index (χ1v) is 10.9. The van der Waals surface area contributed by atoms with E-state index in [0.717, 1.165) is 24.3 Å². The smallest absolute Gasteiger partial charge is 0.399 e. The SMILES string of the molecule is Nc1cccc(C(F)(F)F)c1.O=C(Br)CBr.O=C(CBr)Nc1cccc(C(F)(F)F)c1. The summed E-state index contributed by atoms with van der Waals surface area (Å²) in [5.74, 6) is -0.394. The van der Waals surface area contributed by atoms with Crippen LogP contribution in [0.15, 0.2) is 48.5 Å². The number of rotatable bonds is 3. The van der Waals surface area contributed by atoms with E-state index in [1.807, 2.05) is 0 Å². The molecule has 1 amide bonds. The fraction of sp³-hybridized carbons (Fsp3) is 0.222. The van der Waals surface area contributed by atoms with Crippen LogP contribution in [0.1, 0.15) is 11.1 Å². The maximum absolute atomic E-state index is 12.3. The molecule has 0 heterocycles. The second kappa shape index (κ2) is 13.7. The fourth-order valence-electron chi connectivity index (χ4n) is 1.68. The van der Waals surface area contributed by atoms with Crippen molar-refractivity contribution in [2.45, 2.75) is 12.4 Å². The Kier molecular flexibility index (Phi) is 13.0. The van der Waals surface area contributed by atoms with Crippen molar-refractivity contribution in [2.24, 2.45) is 0 Å². The summed E-state index contributed by atoms with van der Waals surface area (Å²) in [5, 5.41) is 2.76. The van der Waals surface area contributed by atoms with Crippen molar-refractivity contribution in [2.75, 3.05) is 21.7 Å². The number of amides is 1. The molecular formula is C18H15Br3F6N2O2. The summed E-state index contributed by atoms with van der Waals surface area (Å²) in [6, 6.07) is 9.05. The molecule has 0 aliphatic heterocycles. The topological polar surface area (TPSA) is 72.2 Å². The van der Waals surface area contributed by atoms with E-state index in [0.29, 0.717) is 5.33 Å². The largest absolute Gasteiger partial charge is 0.416 e. The van der Waals surface area contributed by atoms with Crippen molar-refractivity contribution < 1.29 is 35.9 Å². The Morgan fingerprint density at radius 1 is 0.839 bits per heavy atom. The van der Waals surface area contributed by atoms with Gasteiger partial charge in [-0.25, -0.2) is 0 Å². The first-order valence-electron chi connectivity index (χ1n) is 7.90. The summed E-state index contributed by atoms with van der Waals surface area (Å²) in [6.45, 7) is 0. The molecule has 0 spiro atoms. The lowest BCUT2D eigenvalue weighted by Crippen LogP contribution is -2.13. The molecule has 0 radical (unpaired) electrons. The van der Waals surface area contributed by atoms with Gasteiger partial charge in [0.1, 0.15) is 0 Å². The molecule has 31 heavy (non-hydrogen) atoms. The first-order chi connectivity index (χ1) is 14.2. The number of carbonyl (C=O) groups is 2. The lowest BCUT2D eigenvalue weighted by Gasteiger charge is -2.08. The molecule has 0 bridgehead atoms. The minimum absolute atomic E-state index is 0.0162. The summed E-state index contributed by atoms with van der Waals surface area (Å²) in [7, 11) is 0. The Hall–Kier alpha value is -1.60. The molecule has 0 fully saturated rings. The van der Waals surface area contributed by atoms with Gasteiger partial charge >= 0.3 is 12.4 Å². The van der Waals surface area contributed by atoms with Crippen LogP contribution in [0.4, 0.5) is 37.7 Å². The predicted octanol–water partition coefficient (Wildman–Crippen LogP) is 6.63. The van der Waals surface area contributed by atoms with Crippen LogP contribution in [0.5, 0.6) is 0 Å². The molecule has 0 aliphatic carbocycles. The van der Waals surface area contributed by atoms with Gasteiger partial charge in [-0.2, -0.15) is 26.3 Å². The predicted molar refractivity (Wildman–Crippen MR) is 117 cm³/mol. The molecule has 0 aromatic heterocycles. The van der Waals surface area contributed by atoms with Gasteiger partial charge in [0, 0.05) is 11.4 Å². The molecule has 0 aliphatic rings. The van der Waals surface area contributed by atoms with Crippen LogP contribution in [-0.4, -0.2) is 21.3 Å². The van der Waals surface area contributed by atoms with Crippen LogP contribution < -0.4 is 11.1 Å². The Morgan fingerprint density at radius 3 is 1.65 bits per heavy atom. The molecule has 4 nitrogen and oxygen atoms in total. The number of halogens is 9. The van der Waals surface area contributed by atoms with Crippen LogP contribution in [-0.2, 0) is 21.9 Å². The van der Waals surface area contributed by atoms with E-state index in [2.05, 4.69) is 53.1 Å². The third-order valence-electron chi connectivity index (χ3n) is 2.91. The second-order valence-corrected chi connectivity index (χ2v) is 7.38. The van der Waals surface area contributed by atoms with E-state index in [-0.39, 0.29) is 21.4 Å². The Labute approximate surface area is 198 Å². The highest BCUT2D eigenvalue weighted by molar-refractivity contribution is 9.19. The highest BCUT2D eigenvalue weighted by atomic mass is 79.9. The van der Waals surface area contributed by atoms with Gasteiger partial charge in [-0.05, 0) is 52.3 Å². The van der Waals surface area contributed by atoms with E-state index in [9.17, 15) is 35.9 Å². The van der Waals surface area contributed by atoms with Crippen LogP contribution in [0.3, 0.4) is 0 Å². The molecule has 3 N–H and O–H groups in total. The third-order valence-corrected chi connectivity index (χ3v) is 4.97. The summed E-state index contributed by atoms with van der Waals surface area (Å²) < 4.78 is 72.5. The van der Waals surface area contributed by atoms with E-state index >= 15 is 0 Å². The van der Waals surface area contributed by atoms with Crippen molar-refractivity contribution in [1.29, 1.82) is 0 Å². The summed E-state index contributed by atoms with van der Waals surface area (Å²) >= 11 is 8.50. The molecule has 0 atom stereocenters. The van der Waals surface area contributed by atoms with Crippen LogP contribution in [0.25, 0.3) is 0 Å². The molecule has 13 heteroatoms. The summed E-state index contributed by atoms with van der Waals surface area (Å²) in [4.78, 5) is 20.6. The lowest BCUT2D eigenvalue weighted by atomic mass is 10.2. The van der Waals surface area contributed by atoms with Crippen molar-refractivity contribution in [3.8, 4) is 0 Å². The number of carbonyl (C=O) groups excluding carboxylic acids is 2. The number of nitrogens with two attached hydrogens (primary N) is 1. The molecule has 2 aromatic rings. The molecule has 0 unspecified atom stereocenters. The standard InChI is InChI=1S/C9H7BrF3NO.C7H6F3N.C2H2Br2O/c10-5-8(15)14-7-3-1-2-6(4-7)9(11,12)13;8-7(9,10)5-2-1-3-6(11)4-5;3-1-2(4)5/h1-4H,5H2,(H,14,15);1-4H,11H2;1H2. The lowest BCUT2D eigenvalue weighted by molar-refractivity contribution is -0.138. The summed E-state index contributed by atoms with van der Waals surface area (Å²) in [6.07, 6.45) is -8.69. The maximum atomic E-state index is 12.3. The average molecular weight is 645 g/mol. The quantitative estimate of drug-likeness (QED) is 0.171. The Morgan fingerprint density at radius 2 is 1.29 bits per heavy atom. The highest BCUT2D eigenvalue weighted by Gasteiger charge is 2.31. The van der Waals surface area contributed by atoms with Crippen LogP contribution in [0, 0.1) is 0 Å². The van der Waals surface area contributed by atoms with Gasteiger partial charge in [0.2, 0.25) is 10.6 Å². The van der Waals surface area contributed by atoms with Gasteiger partial charge < -0.3 is 11.1 Å². The monoisotopic (exact) mass is 642 g/mol. The number of benzene rings is 2. The van der Waals surface area contributed by atoms with Crippen molar-refractivity contribution >= 4 is 69.8 Å². The van der Waals surface area contributed by atoms with Gasteiger partial charge in [0.25, 0.3) is 0 Å². The van der Waals surface area contributed by atoms with Crippen LogP contribution >= 0.6 is 47.8 Å². The minimum Gasteiger partial charge on any atom is -0.399 e. The zero-order valence-electron chi connectivity index (χ0n) is 15.3. The number of hydrogen-bond acceptors (Lipinski definition) is 3. The van der Waals surface area contributed by atoms with E-state index < -0.39 is 29.4 Å². The molecule has 0 saturated heterocycles. The van der Waals surface area contributed by atoms with Crippen LogP contribution in [0.2, 0.25) is 0 Å². The minimum atomic E-state index is -4.39. The van der Waals surface area contributed by atoms with Gasteiger partial charge in [-0.1, -0.05) is 44.0 Å². The van der Waals surface area contributed by atoms with E-state index in [1.54, 1.807) is 0 Å². The van der Waals surface area contributed by atoms with Gasteiger partial charge in [0.15, 0.2) is 0 Å². The number of nitrogen functional groups attached to an aromatic ring is 1. The van der Waals surface area contributed by atoms with Crippen molar-refractivity contribution in [3.63, 3.8) is 0 Å². The Balaban J connectivity index is 0.000000492. The highest BCUT2D eigenvalue weighted by Crippen LogP contribution is 2.31. The average Bonchev–Trinajstić information content (AvgIpc) is 2.67. The molecule has 0 saturated carbocycles. The van der Waals surface area contributed by atoms with Gasteiger partial charge in [-0.15, -0.1) is 0 Å². The third kappa shape index (κ3) is 13.4. The number of anilines is 2. The summed E-state index contributed by atoms with van der Waals surface area (Å²) in [5.41, 5.74) is 3.92. The van der Waals surface area contributed by atoms with Crippen molar-refractivity contribution in [3.05, 3.63) is 59.7 Å². The Bertz CT molecular complexity index is 861. The van der Waals surface area contributed by atoms with E-state index in [1.165, 1.54) is 24.3 Å². The van der Waals surface area contributed by atoms with Gasteiger partial charge in [-0.3, -0.25) is 9.59 Å². The molecular weight excluding hydrogens is 630 g/mol. The number of alkyl halides is 8.